The van der Waals surface area contributed by atoms with Gasteiger partial charge in [-0.1, -0.05) is 34.9 Å². The molecule has 0 fully saturated rings. The molecule has 0 unspecified atom stereocenters. The molecule has 8 heteroatoms. The van der Waals surface area contributed by atoms with Crippen molar-refractivity contribution in [2.24, 2.45) is 0 Å². The van der Waals surface area contributed by atoms with Gasteiger partial charge in [0.25, 0.3) is 0 Å². The third kappa shape index (κ3) is 4.21. The smallest absolute Gasteiger partial charge is 0.337 e. The minimum Gasteiger partial charge on any atom is -0.478 e. The number of aromatic carboxylic acids is 1. The van der Waals surface area contributed by atoms with Crippen molar-refractivity contribution in [1.29, 1.82) is 0 Å². The zero-order chi connectivity index (χ0) is 15.5. The molecule has 5 nitrogen and oxygen atoms in total. The lowest BCUT2D eigenvalue weighted by atomic mass is 10.2. The van der Waals surface area contributed by atoms with Crippen LogP contribution < -0.4 is 4.72 Å². The van der Waals surface area contributed by atoms with Gasteiger partial charge in [0.1, 0.15) is 4.90 Å². The number of carboxylic acids is 1. The van der Waals surface area contributed by atoms with Gasteiger partial charge in [0.05, 0.1) is 15.6 Å². The van der Waals surface area contributed by atoms with E-state index in [9.17, 15) is 13.2 Å². The van der Waals surface area contributed by atoms with Crippen molar-refractivity contribution in [3.05, 3.63) is 39.4 Å². The lowest BCUT2D eigenvalue weighted by Gasteiger charge is -2.09. The Morgan fingerprint density at radius 1 is 1.30 bits per heavy atom. The van der Waals surface area contributed by atoms with Gasteiger partial charge in [-0.15, -0.1) is 0 Å². The summed E-state index contributed by atoms with van der Waals surface area (Å²) in [5.41, 5.74) is 0.625. The van der Waals surface area contributed by atoms with Crippen molar-refractivity contribution in [3.63, 3.8) is 0 Å². The van der Waals surface area contributed by atoms with Gasteiger partial charge in [-0.2, -0.15) is 0 Å². The molecule has 0 saturated carbocycles. The molecule has 1 aromatic rings. The van der Waals surface area contributed by atoms with E-state index >= 15 is 0 Å². The van der Waals surface area contributed by atoms with Crippen molar-refractivity contribution >= 4 is 39.2 Å². The molecule has 0 spiro atoms. The summed E-state index contributed by atoms with van der Waals surface area (Å²) < 4.78 is 26.4. The Labute approximate surface area is 127 Å². The van der Waals surface area contributed by atoms with Gasteiger partial charge in [-0.3, -0.25) is 0 Å². The summed E-state index contributed by atoms with van der Waals surface area (Å²) in [6, 6.07) is 2.04. The molecule has 0 aliphatic rings. The monoisotopic (exact) mass is 337 g/mol. The molecule has 0 amide bonds. The molecule has 0 aromatic heterocycles. The Bertz CT molecular complexity index is 664. The van der Waals surface area contributed by atoms with Crippen molar-refractivity contribution < 1.29 is 18.3 Å². The molecule has 0 aliphatic heterocycles. The number of halogens is 2. The van der Waals surface area contributed by atoms with Gasteiger partial charge in [0.15, 0.2) is 0 Å². The first-order chi connectivity index (χ1) is 9.15. The van der Waals surface area contributed by atoms with E-state index in [1.807, 2.05) is 13.8 Å². The average Bonchev–Trinajstić information content (AvgIpc) is 2.26. The van der Waals surface area contributed by atoms with Crippen molar-refractivity contribution in [3.8, 4) is 0 Å². The zero-order valence-corrected chi connectivity index (χ0v) is 13.1. The van der Waals surface area contributed by atoms with E-state index in [0.29, 0.717) is 0 Å². The second-order valence-electron chi connectivity index (χ2n) is 4.20. The Morgan fingerprint density at radius 2 is 1.90 bits per heavy atom. The second kappa shape index (κ2) is 6.58. The molecular formula is C12H13Cl2NO4S. The Morgan fingerprint density at radius 3 is 2.40 bits per heavy atom. The van der Waals surface area contributed by atoms with E-state index in [4.69, 9.17) is 28.3 Å². The normalized spacial score (nSPS) is 11.2. The largest absolute Gasteiger partial charge is 0.478 e. The lowest BCUT2D eigenvalue weighted by Crippen LogP contribution is -2.24. The molecule has 0 aliphatic carbocycles. The van der Waals surface area contributed by atoms with Gasteiger partial charge >= 0.3 is 5.97 Å². The van der Waals surface area contributed by atoms with Crippen LogP contribution in [0.5, 0.6) is 0 Å². The Hall–Kier alpha value is -1.08. The van der Waals surface area contributed by atoms with Gasteiger partial charge in [-0.05, 0) is 26.0 Å². The molecule has 0 radical (unpaired) electrons. The van der Waals surface area contributed by atoms with Crippen LogP contribution >= 0.6 is 23.2 Å². The standard InChI is InChI=1S/C12H13Cl2NO4S/c1-7(2)3-4-15-20(18,19)11-5-8(12(16)17)9(13)6-10(11)14/h3,5-6,15H,4H2,1-2H3,(H,16,17). The van der Waals surface area contributed by atoms with Crippen molar-refractivity contribution in [1.82, 2.24) is 4.72 Å². The number of nitrogens with one attached hydrogen (secondary N) is 1. The predicted octanol–water partition coefficient (Wildman–Crippen LogP) is 2.94. The lowest BCUT2D eigenvalue weighted by molar-refractivity contribution is 0.0697. The topological polar surface area (TPSA) is 83.5 Å². The summed E-state index contributed by atoms with van der Waals surface area (Å²) in [7, 11) is -3.91. The molecule has 110 valence electrons. The second-order valence-corrected chi connectivity index (χ2v) is 6.75. The van der Waals surface area contributed by atoms with E-state index in [1.165, 1.54) is 0 Å². The first-order valence-electron chi connectivity index (χ1n) is 5.50. The maximum atomic E-state index is 12.1. The quantitative estimate of drug-likeness (QED) is 0.809. The molecule has 0 bridgehead atoms. The van der Waals surface area contributed by atoms with Crippen LogP contribution in [0.2, 0.25) is 10.0 Å². The number of carboxylic acid groups (broad SMARTS) is 1. The number of carbonyl (C=O) groups is 1. The number of sulfonamides is 1. The maximum Gasteiger partial charge on any atom is 0.337 e. The summed E-state index contributed by atoms with van der Waals surface area (Å²) in [5.74, 6) is -1.33. The third-order valence-corrected chi connectivity index (χ3v) is 4.53. The summed E-state index contributed by atoms with van der Waals surface area (Å²) in [4.78, 5) is 10.6. The summed E-state index contributed by atoms with van der Waals surface area (Å²) in [5, 5.41) is 8.69. The number of rotatable bonds is 5. The highest BCUT2D eigenvalue weighted by Crippen LogP contribution is 2.28. The van der Waals surface area contributed by atoms with Gasteiger partial charge < -0.3 is 5.11 Å². The van der Waals surface area contributed by atoms with Crippen LogP contribution in [0.4, 0.5) is 0 Å². The minimum atomic E-state index is -3.91. The number of hydrogen-bond acceptors (Lipinski definition) is 3. The summed E-state index contributed by atoms with van der Waals surface area (Å²) in [6.45, 7) is 3.74. The highest BCUT2D eigenvalue weighted by Gasteiger charge is 2.21. The SMILES string of the molecule is CC(C)=CCNS(=O)(=O)c1cc(C(=O)O)c(Cl)cc1Cl. The Kier molecular flexibility index (Phi) is 5.59. The van der Waals surface area contributed by atoms with Crippen LogP contribution in [0, 0.1) is 0 Å². The van der Waals surface area contributed by atoms with Crippen molar-refractivity contribution in [2.45, 2.75) is 18.7 Å². The number of hydrogen-bond donors (Lipinski definition) is 2. The van der Waals surface area contributed by atoms with Gasteiger partial charge in [0, 0.05) is 6.54 Å². The molecule has 0 atom stereocenters. The van der Waals surface area contributed by atoms with E-state index < -0.39 is 16.0 Å². The highest BCUT2D eigenvalue weighted by atomic mass is 35.5. The average molecular weight is 338 g/mol. The minimum absolute atomic E-state index is 0.0893. The van der Waals surface area contributed by atoms with Gasteiger partial charge in [0.2, 0.25) is 10.0 Å². The fourth-order valence-corrected chi connectivity index (χ4v) is 3.15. The van der Waals surface area contributed by atoms with Crippen LogP contribution in [0.3, 0.4) is 0 Å². The number of allylic oxidation sites excluding steroid dienone is 1. The Balaban J connectivity index is 3.21. The fraction of sp³-hybridized carbons (Fsp3) is 0.250. The van der Waals surface area contributed by atoms with Crippen LogP contribution in [0.15, 0.2) is 28.7 Å². The first-order valence-corrected chi connectivity index (χ1v) is 7.74. The van der Waals surface area contributed by atoms with Crippen LogP contribution in [-0.4, -0.2) is 26.0 Å². The molecule has 2 N–H and O–H groups in total. The van der Waals surface area contributed by atoms with Gasteiger partial charge in [-0.25, -0.2) is 17.9 Å². The molecule has 0 heterocycles. The summed E-state index contributed by atoms with van der Waals surface area (Å²) >= 11 is 11.5. The van der Waals surface area contributed by atoms with E-state index in [2.05, 4.69) is 4.72 Å². The van der Waals surface area contributed by atoms with E-state index in [-0.39, 0.29) is 27.0 Å². The fourth-order valence-electron chi connectivity index (χ4n) is 1.33. The molecular weight excluding hydrogens is 325 g/mol. The van der Waals surface area contributed by atoms with E-state index in [0.717, 1.165) is 17.7 Å². The number of benzene rings is 1. The van der Waals surface area contributed by atoms with Crippen LogP contribution in [0.1, 0.15) is 24.2 Å². The highest BCUT2D eigenvalue weighted by molar-refractivity contribution is 7.89. The van der Waals surface area contributed by atoms with Crippen LogP contribution in [0.25, 0.3) is 0 Å². The zero-order valence-electron chi connectivity index (χ0n) is 10.8. The summed E-state index contributed by atoms with van der Waals surface area (Å²) in [6.07, 6.45) is 1.68. The first kappa shape index (κ1) is 17.0. The van der Waals surface area contributed by atoms with Crippen molar-refractivity contribution in [2.75, 3.05) is 6.54 Å². The third-order valence-electron chi connectivity index (χ3n) is 2.33. The van der Waals surface area contributed by atoms with Crippen LogP contribution in [-0.2, 0) is 10.0 Å². The van der Waals surface area contributed by atoms with E-state index in [1.54, 1.807) is 6.08 Å². The molecule has 1 rings (SSSR count). The molecule has 20 heavy (non-hydrogen) atoms. The molecule has 1 aromatic carbocycles. The maximum absolute atomic E-state index is 12.1. The molecule has 0 saturated heterocycles. The predicted molar refractivity (Wildman–Crippen MR) is 78.0 cm³/mol.